The summed E-state index contributed by atoms with van der Waals surface area (Å²) in [5.74, 6) is 0.174. The fraction of sp³-hybridized carbons (Fsp3) is 0.0417. The van der Waals surface area contributed by atoms with E-state index in [9.17, 15) is 20.2 Å². The third-order valence-electron chi connectivity index (χ3n) is 4.76. The molecule has 0 fully saturated rings. The minimum atomic E-state index is -0.601. The van der Waals surface area contributed by atoms with Gasteiger partial charge in [0, 0.05) is 34.7 Å². The number of nitrogens with zero attached hydrogens (tertiary/aromatic N) is 3. The number of nitrogens with one attached hydrogen (secondary N) is 1. The van der Waals surface area contributed by atoms with E-state index in [0.29, 0.717) is 27.8 Å². The number of aromatic nitrogens is 1. The van der Waals surface area contributed by atoms with Crippen molar-refractivity contribution >= 4 is 34.1 Å². The Labute approximate surface area is 192 Å². The van der Waals surface area contributed by atoms with Crippen LogP contribution in [-0.4, -0.2) is 15.8 Å². The molecule has 2 aromatic carbocycles. The summed E-state index contributed by atoms with van der Waals surface area (Å²) in [5.41, 5.74) is 2.85. The molecule has 2 heterocycles. The molecule has 4 aromatic rings. The van der Waals surface area contributed by atoms with E-state index in [-0.39, 0.29) is 11.3 Å². The number of anilines is 1. The van der Waals surface area contributed by atoms with E-state index in [1.54, 1.807) is 25.1 Å². The van der Waals surface area contributed by atoms with Crippen molar-refractivity contribution in [2.45, 2.75) is 6.92 Å². The van der Waals surface area contributed by atoms with Crippen LogP contribution in [-0.2, 0) is 4.79 Å². The molecule has 0 saturated carbocycles. The number of benzene rings is 2. The molecule has 1 N–H and O–H groups in total. The first kappa shape index (κ1) is 21.7. The fourth-order valence-electron chi connectivity index (χ4n) is 3.14. The van der Waals surface area contributed by atoms with Crippen molar-refractivity contribution in [1.29, 1.82) is 5.26 Å². The van der Waals surface area contributed by atoms with Crippen molar-refractivity contribution < 1.29 is 14.1 Å². The maximum Gasteiger partial charge on any atom is 0.269 e. The molecule has 9 heteroatoms. The summed E-state index contributed by atoms with van der Waals surface area (Å²) in [4.78, 5) is 27.4. The molecule has 33 heavy (non-hydrogen) atoms. The zero-order valence-electron chi connectivity index (χ0n) is 17.3. The van der Waals surface area contributed by atoms with Crippen LogP contribution in [0.4, 0.5) is 10.8 Å². The Balaban J connectivity index is 1.51. The van der Waals surface area contributed by atoms with E-state index in [1.165, 1.54) is 29.5 Å². The van der Waals surface area contributed by atoms with Gasteiger partial charge in [-0.2, -0.15) is 5.26 Å². The smallest absolute Gasteiger partial charge is 0.269 e. The van der Waals surface area contributed by atoms with Crippen molar-refractivity contribution in [3.05, 3.63) is 93.1 Å². The summed E-state index contributed by atoms with van der Waals surface area (Å²) in [6.45, 7) is 1.74. The molecule has 4 rings (SSSR count). The summed E-state index contributed by atoms with van der Waals surface area (Å²) >= 11 is 1.26. The highest BCUT2D eigenvalue weighted by molar-refractivity contribution is 7.14. The van der Waals surface area contributed by atoms with Crippen LogP contribution in [0.25, 0.3) is 28.7 Å². The average molecular weight is 456 g/mol. The number of nitro groups is 1. The first-order chi connectivity index (χ1) is 15.9. The van der Waals surface area contributed by atoms with Crippen LogP contribution in [0.15, 0.2) is 76.0 Å². The van der Waals surface area contributed by atoms with Gasteiger partial charge in [-0.25, -0.2) is 4.98 Å². The molecule has 0 aliphatic heterocycles. The van der Waals surface area contributed by atoms with E-state index in [0.717, 1.165) is 11.3 Å². The van der Waals surface area contributed by atoms with Crippen LogP contribution >= 0.6 is 11.3 Å². The standard InChI is InChI=1S/C24H16N4O4S/c1-15-11-18(28(30)31)7-9-20(15)22-10-8-19(32-22)12-17(13-25)23(29)27-24-26-21(14-33-24)16-5-3-2-4-6-16/h2-12,14H,1H3,(H,26,27,29). The van der Waals surface area contributed by atoms with Gasteiger partial charge < -0.3 is 4.42 Å². The summed E-state index contributed by atoms with van der Waals surface area (Å²) in [6, 6.07) is 19.2. The van der Waals surface area contributed by atoms with Gasteiger partial charge in [-0.05, 0) is 30.7 Å². The van der Waals surface area contributed by atoms with Gasteiger partial charge in [0.15, 0.2) is 5.13 Å². The normalized spacial score (nSPS) is 11.1. The van der Waals surface area contributed by atoms with E-state index in [4.69, 9.17) is 4.42 Å². The first-order valence-electron chi connectivity index (χ1n) is 9.74. The van der Waals surface area contributed by atoms with Crippen LogP contribution < -0.4 is 5.32 Å². The van der Waals surface area contributed by atoms with E-state index >= 15 is 0 Å². The third-order valence-corrected chi connectivity index (χ3v) is 5.52. The molecule has 0 aliphatic carbocycles. The third kappa shape index (κ3) is 4.87. The molecule has 8 nitrogen and oxygen atoms in total. The second-order valence-corrected chi connectivity index (χ2v) is 7.84. The number of carbonyl (C=O) groups excluding carboxylic acids is 1. The van der Waals surface area contributed by atoms with Gasteiger partial charge in [-0.15, -0.1) is 11.3 Å². The number of aryl methyl sites for hydroxylation is 1. The number of hydrogen-bond donors (Lipinski definition) is 1. The number of non-ortho nitro benzene ring substituents is 1. The Morgan fingerprint density at radius 3 is 2.70 bits per heavy atom. The Kier molecular flexibility index (Phi) is 6.11. The van der Waals surface area contributed by atoms with Gasteiger partial charge in [0.2, 0.25) is 0 Å². The van der Waals surface area contributed by atoms with Gasteiger partial charge >= 0.3 is 0 Å². The van der Waals surface area contributed by atoms with Gasteiger partial charge in [0.1, 0.15) is 23.2 Å². The maximum atomic E-state index is 12.6. The second-order valence-electron chi connectivity index (χ2n) is 6.99. The largest absolute Gasteiger partial charge is 0.457 e. The summed E-state index contributed by atoms with van der Waals surface area (Å²) < 4.78 is 5.76. The number of nitro benzene ring substituents is 1. The minimum Gasteiger partial charge on any atom is -0.457 e. The monoisotopic (exact) mass is 456 g/mol. The van der Waals surface area contributed by atoms with E-state index in [2.05, 4.69) is 10.3 Å². The maximum absolute atomic E-state index is 12.6. The van der Waals surface area contributed by atoms with Gasteiger partial charge in [0.25, 0.3) is 11.6 Å². The van der Waals surface area contributed by atoms with Crippen LogP contribution in [0.5, 0.6) is 0 Å². The van der Waals surface area contributed by atoms with Crippen LogP contribution in [0.1, 0.15) is 11.3 Å². The SMILES string of the molecule is Cc1cc([N+](=O)[O-])ccc1-c1ccc(C=C(C#N)C(=O)Nc2nc(-c3ccccc3)cs2)o1. The zero-order valence-corrected chi connectivity index (χ0v) is 18.1. The molecule has 0 radical (unpaired) electrons. The Morgan fingerprint density at radius 2 is 2.00 bits per heavy atom. The molecule has 0 atom stereocenters. The fourth-order valence-corrected chi connectivity index (χ4v) is 3.86. The Morgan fingerprint density at radius 1 is 1.21 bits per heavy atom. The molecular formula is C24H16N4O4S. The predicted octanol–water partition coefficient (Wildman–Crippen LogP) is 5.83. The molecule has 162 valence electrons. The quantitative estimate of drug-likeness (QED) is 0.168. The number of carbonyl (C=O) groups is 1. The van der Waals surface area contributed by atoms with E-state index < -0.39 is 10.8 Å². The number of furan rings is 1. The van der Waals surface area contributed by atoms with Gasteiger partial charge in [0.05, 0.1) is 10.6 Å². The van der Waals surface area contributed by atoms with Crippen molar-refractivity contribution in [2.24, 2.45) is 0 Å². The molecule has 0 saturated heterocycles. The lowest BCUT2D eigenvalue weighted by Crippen LogP contribution is -2.13. The van der Waals surface area contributed by atoms with Crippen molar-refractivity contribution in [3.8, 4) is 28.7 Å². The number of amides is 1. The lowest BCUT2D eigenvalue weighted by Gasteiger charge is -2.02. The van der Waals surface area contributed by atoms with Crippen molar-refractivity contribution in [3.63, 3.8) is 0 Å². The summed E-state index contributed by atoms with van der Waals surface area (Å²) in [6.07, 6.45) is 1.34. The Hall–Kier alpha value is -4.55. The number of nitriles is 1. The lowest BCUT2D eigenvalue weighted by atomic mass is 10.1. The lowest BCUT2D eigenvalue weighted by molar-refractivity contribution is -0.384. The number of hydrogen-bond acceptors (Lipinski definition) is 7. The summed E-state index contributed by atoms with van der Waals surface area (Å²) in [7, 11) is 0. The second kappa shape index (κ2) is 9.30. The Bertz CT molecular complexity index is 1410. The van der Waals surface area contributed by atoms with Crippen molar-refractivity contribution in [2.75, 3.05) is 5.32 Å². The molecule has 0 bridgehead atoms. The highest BCUT2D eigenvalue weighted by Gasteiger charge is 2.15. The summed E-state index contributed by atoms with van der Waals surface area (Å²) in [5, 5.41) is 25.2. The van der Waals surface area contributed by atoms with Gasteiger partial charge in [-0.3, -0.25) is 20.2 Å². The highest BCUT2D eigenvalue weighted by Crippen LogP contribution is 2.29. The molecule has 1 amide bonds. The van der Waals surface area contributed by atoms with Crippen molar-refractivity contribution in [1.82, 2.24) is 4.98 Å². The minimum absolute atomic E-state index is 0.0102. The van der Waals surface area contributed by atoms with E-state index in [1.807, 2.05) is 41.8 Å². The molecular weight excluding hydrogens is 440 g/mol. The molecule has 0 spiro atoms. The average Bonchev–Trinajstić information content (AvgIpc) is 3.47. The highest BCUT2D eigenvalue weighted by atomic mass is 32.1. The van der Waals surface area contributed by atoms with Crippen LogP contribution in [0.2, 0.25) is 0 Å². The van der Waals surface area contributed by atoms with Crippen LogP contribution in [0, 0.1) is 28.4 Å². The predicted molar refractivity (Wildman–Crippen MR) is 125 cm³/mol. The molecule has 0 unspecified atom stereocenters. The van der Waals surface area contributed by atoms with Crippen LogP contribution in [0.3, 0.4) is 0 Å². The molecule has 0 aliphatic rings. The molecule has 2 aromatic heterocycles. The first-order valence-corrected chi connectivity index (χ1v) is 10.6. The zero-order chi connectivity index (χ0) is 23.4. The van der Waals surface area contributed by atoms with Gasteiger partial charge in [-0.1, -0.05) is 30.3 Å². The topological polar surface area (TPSA) is 122 Å². The number of thiazole rings is 1. The number of rotatable bonds is 6.